The summed E-state index contributed by atoms with van der Waals surface area (Å²) in [5.41, 5.74) is -0.0604. The van der Waals surface area contributed by atoms with Gasteiger partial charge in [-0.25, -0.2) is 0 Å². The van der Waals surface area contributed by atoms with Crippen LogP contribution in [0.15, 0.2) is 0 Å². The van der Waals surface area contributed by atoms with Crippen LogP contribution in [-0.2, 0) is 14.3 Å². The maximum atomic E-state index is 12.0. The summed E-state index contributed by atoms with van der Waals surface area (Å²) >= 11 is 0. The third kappa shape index (κ3) is 6.05. The van der Waals surface area contributed by atoms with Gasteiger partial charge in [0.15, 0.2) is 0 Å². The molecule has 0 aromatic rings. The molecule has 1 aliphatic heterocycles. The topological polar surface area (TPSA) is 58.6 Å². The van der Waals surface area contributed by atoms with Gasteiger partial charge in [0.2, 0.25) is 11.8 Å². The second-order valence-electron chi connectivity index (χ2n) is 6.57. The summed E-state index contributed by atoms with van der Waals surface area (Å²) in [7, 11) is 0. The van der Waals surface area contributed by atoms with Gasteiger partial charge in [-0.1, -0.05) is 20.8 Å². The Hall–Kier alpha value is -1.10. The van der Waals surface area contributed by atoms with Gasteiger partial charge in [-0.2, -0.15) is 0 Å². The summed E-state index contributed by atoms with van der Waals surface area (Å²) in [4.78, 5) is 25.4. The Kier molecular flexibility index (Phi) is 5.35. The first-order valence-corrected chi connectivity index (χ1v) is 6.87. The standard InChI is InChI=1S/C14H26N2O3/c1-10-8-16(9-11(2)19-10)13(18)7-15-12(17)6-14(3,4)5/h10-11H,6-9H2,1-5H3,(H,15,17). The van der Waals surface area contributed by atoms with E-state index >= 15 is 0 Å². The van der Waals surface area contributed by atoms with E-state index in [2.05, 4.69) is 5.32 Å². The summed E-state index contributed by atoms with van der Waals surface area (Å²) in [6.07, 6.45) is 0.534. The quantitative estimate of drug-likeness (QED) is 0.837. The first-order chi connectivity index (χ1) is 8.67. The van der Waals surface area contributed by atoms with Crippen molar-refractivity contribution in [1.29, 1.82) is 0 Å². The molecule has 0 aromatic heterocycles. The molecule has 19 heavy (non-hydrogen) atoms. The second-order valence-corrected chi connectivity index (χ2v) is 6.57. The van der Waals surface area contributed by atoms with Gasteiger partial charge in [-0.05, 0) is 19.3 Å². The van der Waals surface area contributed by atoms with Crippen molar-refractivity contribution in [3.05, 3.63) is 0 Å². The predicted octanol–water partition coefficient (Wildman–Crippen LogP) is 1.17. The van der Waals surface area contributed by atoms with Crippen molar-refractivity contribution in [3.8, 4) is 0 Å². The number of hydrogen-bond acceptors (Lipinski definition) is 3. The molecule has 0 aliphatic carbocycles. The predicted molar refractivity (Wildman–Crippen MR) is 73.7 cm³/mol. The minimum Gasteiger partial charge on any atom is -0.372 e. The minimum absolute atomic E-state index is 0.0377. The van der Waals surface area contributed by atoms with Crippen LogP contribution in [0.25, 0.3) is 0 Å². The van der Waals surface area contributed by atoms with E-state index in [1.54, 1.807) is 4.90 Å². The molecule has 1 fully saturated rings. The van der Waals surface area contributed by atoms with Gasteiger partial charge in [0.25, 0.3) is 0 Å². The molecule has 110 valence electrons. The molecule has 2 unspecified atom stereocenters. The molecule has 0 radical (unpaired) electrons. The van der Waals surface area contributed by atoms with Crippen LogP contribution in [0.5, 0.6) is 0 Å². The fourth-order valence-electron chi connectivity index (χ4n) is 2.21. The van der Waals surface area contributed by atoms with Crippen molar-refractivity contribution in [3.63, 3.8) is 0 Å². The van der Waals surface area contributed by atoms with Gasteiger partial charge in [0.1, 0.15) is 0 Å². The zero-order valence-corrected chi connectivity index (χ0v) is 12.7. The average molecular weight is 270 g/mol. The Morgan fingerprint density at radius 2 is 1.74 bits per heavy atom. The van der Waals surface area contributed by atoms with Crippen molar-refractivity contribution in [2.24, 2.45) is 5.41 Å². The summed E-state index contributed by atoms with van der Waals surface area (Å²) in [5.74, 6) is -0.112. The number of nitrogens with zero attached hydrogens (tertiary/aromatic N) is 1. The third-order valence-electron chi connectivity index (χ3n) is 2.90. The average Bonchev–Trinajstić information content (AvgIpc) is 2.22. The van der Waals surface area contributed by atoms with Crippen LogP contribution >= 0.6 is 0 Å². The van der Waals surface area contributed by atoms with Crippen molar-refractivity contribution >= 4 is 11.8 Å². The van der Waals surface area contributed by atoms with Gasteiger partial charge >= 0.3 is 0 Å². The monoisotopic (exact) mass is 270 g/mol. The van der Waals surface area contributed by atoms with Crippen LogP contribution in [0.4, 0.5) is 0 Å². The van der Waals surface area contributed by atoms with Gasteiger partial charge in [-0.3, -0.25) is 9.59 Å². The molecule has 1 rings (SSSR count). The minimum atomic E-state index is -0.0739. The lowest BCUT2D eigenvalue weighted by Gasteiger charge is -2.35. The smallest absolute Gasteiger partial charge is 0.242 e. The van der Waals surface area contributed by atoms with Gasteiger partial charge in [0.05, 0.1) is 18.8 Å². The molecule has 1 heterocycles. The molecular weight excluding hydrogens is 244 g/mol. The zero-order valence-electron chi connectivity index (χ0n) is 12.7. The van der Waals surface area contributed by atoms with Crippen LogP contribution in [0.1, 0.15) is 41.0 Å². The van der Waals surface area contributed by atoms with Crippen LogP contribution in [-0.4, -0.2) is 48.6 Å². The Bertz CT molecular complexity index is 326. The fourth-order valence-corrected chi connectivity index (χ4v) is 2.21. The van der Waals surface area contributed by atoms with E-state index in [1.165, 1.54) is 0 Å². The summed E-state index contributed by atoms with van der Waals surface area (Å²) in [5, 5.41) is 2.69. The molecule has 0 aromatic carbocycles. The molecule has 1 aliphatic rings. The highest BCUT2D eigenvalue weighted by Gasteiger charge is 2.26. The van der Waals surface area contributed by atoms with E-state index in [0.717, 1.165) is 0 Å². The molecule has 0 spiro atoms. The number of hydrogen-bond donors (Lipinski definition) is 1. The number of morpholine rings is 1. The Morgan fingerprint density at radius 1 is 1.21 bits per heavy atom. The lowest BCUT2D eigenvalue weighted by atomic mass is 9.92. The fraction of sp³-hybridized carbons (Fsp3) is 0.857. The number of carbonyl (C=O) groups excluding carboxylic acids is 2. The first-order valence-electron chi connectivity index (χ1n) is 6.87. The first kappa shape index (κ1) is 16.0. The number of carbonyl (C=O) groups is 2. The van der Waals surface area contributed by atoms with Crippen LogP contribution in [0.2, 0.25) is 0 Å². The zero-order chi connectivity index (χ0) is 14.6. The summed E-state index contributed by atoms with van der Waals surface area (Å²) in [6, 6.07) is 0. The number of rotatable bonds is 3. The number of amides is 2. The second kappa shape index (κ2) is 6.37. The Balaban J connectivity index is 2.37. The molecule has 2 amide bonds. The SMILES string of the molecule is CC1CN(C(=O)CNC(=O)CC(C)(C)C)CC(C)O1. The normalized spacial score (nSPS) is 24.2. The van der Waals surface area contributed by atoms with E-state index in [-0.39, 0.29) is 36.0 Å². The van der Waals surface area contributed by atoms with Crippen LogP contribution in [0.3, 0.4) is 0 Å². The molecule has 1 N–H and O–H groups in total. The number of ether oxygens (including phenoxy) is 1. The third-order valence-corrected chi connectivity index (χ3v) is 2.90. The van der Waals surface area contributed by atoms with Crippen molar-refractivity contribution in [2.45, 2.75) is 53.2 Å². The highest BCUT2D eigenvalue weighted by Crippen LogP contribution is 2.17. The summed E-state index contributed by atoms with van der Waals surface area (Å²) < 4.78 is 5.58. The van der Waals surface area contributed by atoms with E-state index in [0.29, 0.717) is 19.5 Å². The Labute approximate surface area is 115 Å². The summed E-state index contributed by atoms with van der Waals surface area (Å²) in [6.45, 7) is 11.2. The lowest BCUT2D eigenvalue weighted by Crippen LogP contribution is -2.51. The van der Waals surface area contributed by atoms with Crippen molar-refractivity contribution in [1.82, 2.24) is 10.2 Å². The molecule has 5 nitrogen and oxygen atoms in total. The van der Waals surface area contributed by atoms with Crippen molar-refractivity contribution in [2.75, 3.05) is 19.6 Å². The van der Waals surface area contributed by atoms with E-state index in [9.17, 15) is 9.59 Å². The molecule has 1 saturated heterocycles. The highest BCUT2D eigenvalue weighted by molar-refractivity contribution is 5.85. The van der Waals surface area contributed by atoms with Crippen LogP contribution in [0, 0.1) is 5.41 Å². The maximum absolute atomic E-state index is 12.0. The largest absolute Gasteiger partial charge is 0.372 e. The van der Waals surface area contributed by atoms with E-state index in [4.69, 9.17) is 4.74 Å². The molecule has 2 atom stereocenters. The maximum Gasteiger partial charge on any atom is 0.242 e. The van der Waals surface area contributed by atoms with Crippen molar-refractivity contribution < 1.29 is 14.3 Å². The van der Waals surface area contributed by atoms with Gasteiger partial charge < -0.3 is 15.0 Å². The lowest BCUT2D eigenvalue weighted by molar-refractivity contribution is -0.143. The molecule has 0 bridgehead atoms. The highest BCUT2D eigenvalue weighted by atomic mass is 16.5. The van der Waals surface area contributed by atoms with Crippen LogP contribution < -0.4 is 5.32 Å². The molecular formula is C14H26N2O3. The molecule has 5 heteroatoms. The Morgan fingerprint density at radius 3 is 2.21 bits per heavy atom. The van der Waals surface area contributed by atoms with E-state index in [1.807, 2.05) is 34.6 Å². The number of nitrogens with one attached hydrogen (secondary N) is 1. The van der Waals surface area contributed by atoms with Gasteiger partial charge in [-0.15, -0.1) is 0 Å². The van der Waals surface area contributed by atoms with E-state index < -0.39 is 0 Å². The molecule has 0 saturated carbocycles. The van der Waals surface area contributed by atoms with Gasteiger partial charge in [0, 0.05) is 19.5 Å².